The molecule has 0 spiro atoms. The van der Waals surface area contributed by atoms with Crippen LogP contribution < -0.4 is 25.3 Å². The molecule has 16 heteroatoms. The summed E-state index contributed by atoms with van der Waals surface area (Å²) in [5, 5.41) is 2.18. The number of amides is 2. The number of benzene rings is 2. The number of carbonyl (C=O) groups is 2. The van der Waals surface area contributed by atoms with Crippen LogP contribution in [0.25, 0.3) is 0 Å². The number of nitrogens with two attached hydrogens (primary N) is 1. The van der Waals surface area contributed by atoms with Gasteiger partial charge in [0.15, 0.2) is 11.5 Å². The normalized spacial score (nSPS) is 11.6. The molecule has 0 unspecified atom stereocenters. The Balaban J connectivity index is 2.09. The maximum absolute atomic E-state index is 14.6. The van der Waals surface area contributed by atoms with Gasteiger partial charge in [0.05, 0.1) is 18.2 Å². The van der Waals surface area contributed by atoms with Crippen LogP contribution in [0.15, 0.2) is 36.7 Å². The molecule has 2 aromatic carbocycles. The topological polar surface area (TPSA) is 126 Å². The van der Waals surface area contributed by atoms with Crippen LogP contribution in [0.1, 0.15) is 32.0 Å². The van der Waals surface area contributed by atoms with Crippen LogP contribution in [-0.4, -0.2) is 35.3 Å². The highest BCUT2D eigenvalue weighted by Crippen LogP contribution is 2.43. The van der Waals surface area contributed by atoms with E-state index in [-0.39, 0.29) is 11.5 Å². The van der Waals surface area contributed by atoms with Crippen molar-refractivity contribution in [2.45, 2.75) is 19.5 Å². The van der Waals surface area contributed by atoms with Gasteiger partial charge in [-0.2, -0.15) is 17.6 Å². The summed E-state index contributed by atoms with van der Waals surface area (Å²) in [4.78, 5) is 31.6. The number of anilines is 1. The third-order valence-corrected chi connectivity index (χ3v) is 4.80. The minimum Gasteiger partial charge on any atom is -0.490 e. The second-order valence-corrected chi connectivity index (χ2v) is 7.27. The van der Waals surface area contributed by atoms with Crippen molar-refractivity contribution in [3.05, 3.63) is 64.9 Å². The molecule has 0 aliphatic carbocycles. The van der Waals surface area contributed by atoms with Gasteiger partial charge in [0.25, 0.3) is 11.8 Å². The molecule has 3 aromatic rings. The van der Waals surface area contributed by atoms with Crippen LogP contribution in [0, 0.1) is 12.7 Å². The highest BCUT2D eigenvalue weighted by Gasteiger charge is 2.36. The molecule has 2 amide bonds. The van der Waals surface area contributed by atoms with Crippen molar-refractivity contribution in [2.24, 2.45) is 5.73 Å². The van der Waals surface area contributed by atoms with Gasteiger partial charge < -0.3 is 25.3 Å². The number of hydrogen-bond donors (Lipinski definition) is 2. The van der Waals surface area contributed by atoms with Crippen molar-refractivity contribution in [2.75, 3.05) is 12.4 Å². The Morgan fingerprint density at radius 1 is 0.974 bits per heavy atom. The number of hydrogen-bond acceptors (Lipinski definition) is 7. The Morgan fingerprint density at radius 2 is 1.61 bits per heavy atom. The molecule has 0 aliphatic heterocycles. The fourth-order valence-electron chi connectivity index (χ4n) is 3.21. The lowest BCUT2D eigenvalue weighted by Gasteiger charge is -2.19. The Kier molecular flexibility index (Phi) is 7.64. The molecule has 1 heterocycles. The highest BCUT2D eigenvalue weighted by atomic mass is 19.4. The number of nitrogens with one attached hydrogen (secondary N) is 1. The van der Waals surface area contributed by atoms with Crippen molar-refractivity contribution in [1.82, 2.24) is 9.97 Å². The number of nitrogens with zero attached hydrogens (tertiary/aromatic N) is 2. The predicted octanol–water partition coefficient (Wildman–Crippen LogP) is 4.99. The van der Waals surface area contributed by atoms with E-state index in [2.05, 4.69) is 20.0 Å². The molecule has 0 saturated heterocycles. The first kappa shape index (κ1) is 27.9. The summed E-state index contributed by atoms with van der Waals surface area (Å²) in [5.74, 6) is -7.42. The molecule has 9 nitrogen and oxygen atoms in total. The first-order chi connectivity index (χ1) is 17.6. The summed E-state index contributed by atoms with van der Waals surface area (Å²) in [5.41, 5.74) is 2.26. The van der Waals surface area contributed by atoms with Gasteiger partial charge in [-0.3, -0.25) is 9.59 Å². The van der Waals surface area contributed by atoms with Gasteiger partial charge in [-0.1, -0.05) is 0 Å². The average molecular weight is 548 g/mol. The zero-order chi connectivity index (χ0) is 28.4. The maximum Gasteiger partial charge on any atom is 0.573 e. The average Bonchev–Trinajstić information content (AvgIpc) is 2.79. The fraction of sp³-hybridized carbons (Fsp3) is 0.182. The van der Waals surface area contributed by atoms with Crippen molar-refractivity contribution in [3.63, 3.8) is 0 Å². The third-order valence-electron chi connectivity index (χ3n) is 4.80. The van der Waals surface area contributed by atoms with E-state index in [1.807, 2.05) is 0 Å². The van der Waals surface area contributed by atoms with E-state index in [0.717, 1.165) is 38.6 Å². The van der Waals surface area contributed by atoms with Gasteiger partial charge in [0.2, 0.25) is 11.6 Å². The molecule has 202 valence electrons. The first-order valence-corrected chi connectivity index (χ1v) is 10.1. The van der Waals surface area contributed by atoms with Gasteiger partial charge in [0, 0.05) is 6.07 Å². The van der Waals surface area contributed by atoms with Crippen molar-refractivity contribution in [1.29, 1.82) is 0 Å². The van der Waals surface area contributed by atoms with E-state index in [9.17, 15) is 40.3 Å². The van der Waals surface area contributed by atoms with Crippen molar-refractivity contribution >= 4 is 17.6 Å². The number of primary amides is 1. The van der Waals surface area contributed by atoms with Crippen molar-refractivity contribution in [3.8, 4) is 23.0 Å². The lowest BCUT2D eigenvalue weighted by atomic mass is 10.00. The number of halogens is 7. The van der Waals surface area contributed by atoms with Gasteiger partial charge in [-0.15, -0.1) is 13.2 Å². The van der Waals surface area contributed by atoms with E-state index in [4.69, 9.17) is 15.2 Å². The van der Waals surface area contributed by atoms with Crippen molar-refractivity contribution < 1.29 is 54.5 Å². The number of carbonyl (C=O) groups excluding carboxylic acids is 2. The molecule has 0 saturated carbocycles. The van der Waals surface area contributed by atoms with Crippen LogP contribution >= 0.6 is 0 Å². The number of aromatic nitrogens is 2. The number of alkyl halides is 6. The number of rotatable bonds is 7. The number of ether oxygens (including phenoxy) is 3. The summed E-state index contributed by atoms with van der Waals surface area (Å²) in [6.45, 7) is 0.956. The van der Waals surface area contributed by atoms with Gasteiger partial charge >= 0.3 is 12.5 Å². The Bertz CT molecular complexity index is 1390. The lowest BCUT2D eigenvalue weighted by molar-refractivity contribution is -0.275. The smallest absolute Gasteiger partial charge is 0.490 e. The van der Waals surface area contributed by atoms with Crippen LogP contribution in [0.5, 0.6) is 23.0 Å². The Morgan fingerprint density at radius 3 is 2.18 bits per heavy atom. The van der Waals surface area contributed by atoms with E-state index in [1.54, 1.807) is 0 Å². The Labute approximate surface area is 208 Å². The molecular weight excluding hydrogens is 533 g/mol. The maximum atomic E-state index is 14.6. The summed E-state index contributed by atoms with van der Waals surface area (Å²) in [6, 6.07) is 3.63. The lowest BCUT2D eigenvalue weighted by Crippen LogP contribution is -2.20. The predicted molar refractivity (Wildman–Crippen MR) is 114 cm³/mol. The van der Waals surface area contributed by atoms with Crippen LogP contribution in [-0.2, 0) is 6.18 Å². The summed E-state index contributed by atoms with van der Waals surface area (Å²) in [6.07, 6.45) is -9.27. The molecule has 3 N–H and O–H groups in total. The molecule has 0 aliphatic rings. The first-order valence-electron chi connectivity index (χ1n) is 10.1. The van der Waals surface area contributed by atoms with E-state index >= 15 is 0 Å². The van der Waals surface area contributed by atoms with Gasteiger partial charge in [-0.25, -0.2) is 9.97 Å². The standard InChI is InChI=1S/C22H15F7N4O5/c1-9-10(21(24,25)26)3-4-12(16(9)20(35)33-15-7-11(19(30)34)31-8-32-15)37-14-6-5-13(38-22(27,28)29)17(23)18(14)36-2/h3-8H,1-2H3,(H2,30,34)(H,31,32,33,35). The summed E-state index contributed by atoms with van der Waals surface area (Å²) >= 11 is 0. The molecule has 0 fully saturated rings. The van der Waals surface area contributed by atoms with Crippen LogP contribution in [0.2, 0.25) is 0 Å². The largest absolute Gasteiger partial charge is 0.573 e. The summed E-state index contributed by atoms with van der Waals surface area (Å²) < 4.78 is 107. The fourth-order valence-corrected chi connectivity index (χ4v) is 3.21. The second kappa shape index (κ2) is 10.4. The Hall–Kier alpha value is -4.63. The van der Waals surface area contributed by atoms with E-state index < -0.39 is 69.9 Å². The van der Waals surface area contributed by atoms with E-state index in [1.165, 1.54) is 0 Å². The highest BCUT2D eigenvalue weighted by molar-refractivity contribution is 6.07. The minimum atomic E-state index is -5.24. The van der Waals surface area contributed by atoms with Gasteiger partial charge in [-0.05, 0) is 36.8 Å². The zero-order valence-corrected chi connectivity index (χ0v) is 19.1. The monoisotopic (exact) mass is 548 g/mol. The van der Waals surface area contributed by atoms with Gasteiger partial charge in [0.1, 0.15) is 23.6 Å². The number of methoxy groups -OCH3 is 1. The second-order valence-electron chi connectivity index (χ2n) is 7.27. The quantitative estimate of drug-likeness (QED) is 0.399. The molecule has 38 heavy (non-hydrogen) atoms. The third kappa shape index (κ3) is 6.19. The molecule has 3 rings (SSSR count). The molecule has 1 aromatic heterocycles. The van der Waals surface area contributed by atoms with Crippen LogP contribution in [0.4, 0.5) is 36.6 Å². The molecule has 0 atom stereocenters. The SMILES string of the molecule is COc1c(Oc2ccc(C(F)(F)F)c(C)c2C(=O)Nc2cc(C(N)=O)ncn2)ccc(OC(F)(F)F)c1F. The zero-order valence-electron chi connectivity index (χ0n) is 19.1. The minimum absolute atomic E-state index is 0.307. The van der Waals surface area contributed by atoms with Crippen LogP contribution in [0.3, 0.4) is 0 Å². The molecular formula is C22H15F7N4O5. The van der Waals surface area contributed by atoms with E-state index in [0.29, 0.717) is 12.1 Å². The summed E-state index contributed by atoms with van der Waals surface area (Å²) in [7, 11) is 0.889. The molecule has 0 bridgehead atoms. The molecule has 0 radical (unpaired) electrons.